The van der Waals surface area contributed by atoms with E-state index in [9.17, 15) is 4.79 Å². The number of hydrogen-bond acceptors (Lipinski definition) is 3. The van der Waals surface area contributed by atoms with Crippen LogP contribution in [0, 0.1) is 18.8 Å². The summed E-state index contributed by atoms with van der Waals surface area (Å²) < 4.78 is 2.06. The first-order valence-electron chi connectivity index (χ1n) is 7.54. The summed E-state index contributed by atoms with van der Waals surface area (Å²) in [7, 11) is 0. The van der Waals surface area contributed by atoms with E-state index in [2.05, 4.69) is 52.6 Å². The molecule has 2 heterocycles. The second-order valence-electron chi connectivity index (χ2n) is 5.53. The predicted octanol–water partition coefficient (Wildman–Crippen LogP) is 2.88. The molecule has 3 aromatic rings. The minimum Gasteiger partial charge on any atom is -0.342 e. The molecule has 2 N–H and O–H groups in total. The van der Waals surface area contributed by atoms with Crippen LogP contribution in [0.15, 0.2) is 42.7 Å². The van der Waals surface area contributed by atoms with Crippen LogP contribution in [0.4, 0.5) is 0 Å². The fourth-order valence-corrected chi connectivity index (χ4v) is 2.66. The van der Waals surface area contributed by atoms with Gasteiger partial charge in [0.1, 0.15) is 5.69 Å². The zero-order valence-electron chi connectivity index (χ0n) is 13.5. The highest BCUT2D eigenvalue weighted by Gasteiger charge is 2.16. The molecule has 24 heavy (non-hydrogen) atoms. The largest absolute Gasteiger partial charge is 0.342 e. The summed E-state index contributed by atoms with van der Waals surface area (Å²) in [5.41, 5.74) is 5.55. The molecule has 0 spiro atoms. The molecule has 120 valence electrons. The number of carbonyl (C=O) groups is 1. The normalized spacial score (nSPS) is 10.3. The van der Waals surface area contributed by atoms with Crippen molar-refractivity contribution in [2.75, 3.05) is 0 Å². The molecule has 5 nitrogen and oxygen atoms in total. The molecule has 3 rings (SSSR count). The molecule has 5 heteroatoms. The third kappa shape index (κ3) is 2.87. The van der Waals surface area contributed by atoms with Crippen LogP contribution >= 0.6 is 0 Å². The van der Waals surface area contributed by atoms with Gasteiger partial charge in [-0.05, 0) is 25.5 Å². The first kappa shape index (κ1) is 15.8. The van der Waals surface area contributed by atoms with Crippen LogP contribution in [0.25, 0.3) is 10.9 Å². The first-order chi connectivity index (χ1) is 11.6. The van der Waals surface area contributed by atoms with Gasteiger partial charge < -0.3 is 4.57 Å². The number of amides is 1. The first-order valence-corrected chi connectivity index (χ1v) is 7.54. The van der Waals surface area contributed by atoms with Gasteiger partial charge in [-0.15, -0.1) is 5.92 Å². The van der Waals surface area contributed by atoms with E-state index in [0.717, 1.165) is 10.9 Å². The lowest BCUT2D eigenvalue weighted by atomic mass is 10.1. The summed E-state index contributed by atoms with van der Waals surface area (Å²) in [6.07, 6.45) is 3.59. The zero-order chi connectivity index (χ0) is 17.1. The summed E-state index contributed by atoms with van der Waals surface area (Å²) in [6.45, 7) is 4.46. The molecule has 0 unspecified atom stereocenters. The molecule has 0 aliphatic rings. The Balaban J connectivity index is 2.09. The smallest absolute Gasteiger partial charge is 0.294 e. The van der Waals surface area contributed by atoms with E-state index in [1.807, 2.05) is 12.3 Å². The van der Waals surface area contributed by atoms with Crippen LogP contribution < -0.4 is 5.48 Å². The van der Waals surface area contributed by atoms with Crippen LogP contribution in [-0.4, -0.2) is 20.7 Å². The number of hydroxylamine groups is 1. The summed E-state index contributed by atoms with van der Waals surface area (Å²) in [5.74, 6) is 5.06. The lowest BCUT2D eigenvalue weighted by Crippen LogP contribution is -2.21. The Labute approximate surface area is 139 Å². The molecule has 0 radical (unpaired) electrons. The minimum atomic E-state index is -0.666. The molecular formula is C19H17N3O2. The highest BCUT2D eigenvalue weighted by Crippen LogP contribution is 2.22. The number of pyridine rings is 1. The Bertz CT molecular complexity index is 960. The minimum absolute atomic E-state index is 0.118. The molecule has 0 fully saturated rings. The summed E-state index contributed by atoms with van der Waals surface area (Å²) in [4.78, 5) is 16.0. The maximum Gasteiger partial charge on any atom is 0.294 e. The van der Waals surface area contributed by atoms with Crippen molar-refractivity contribution in [3.63, 3.8) is 0 Å². The fourth-order valence-electron chi connectivity index (χ4n) is 2.66. The van der Waals surface area contributed by atoms with E-state index >= 15 is 0 Å². The average molecular weight is 319 g/mol. The molecular weight excluding hydrogens is 302 g/mol. The molecule has 1 amide bonds. The summed E-state index contributed by atoms with van der Waals surface area (Å²) in [6, 6.07) is 10.3. The molecule has 0 aliphatic carbocycles. The van der Waals surface area contributed by atoms with Gasteiger partial charge in [0.05, 0.1) is 17.3 Å². The molecule has 1 aromatic carbocycles. The quantitative estimate of drug-likeness (QED) is 0.443. The highest BCUT2D eigenvalue weighted by atomic mass is 16.5. The number of nitrogens with one attached hydrogen (secondary N) is 1. The van der Waals surface area contributed by atoms with Crippen LogP contribution in [0.2, 0.25) is 0 Å². The SMILES string of the molecule is CC#Cc1c(C(=O)NO)ncc2c1ccn2Cc1ccc(C)cc1. The van der Waals surface area contributed by atoms with Crippen molar-refractivity contribution in [2.24, 2.45) is 0 Å². The highest BCUT2D eigenvalue weighted by molar-refractivity contribution is 6.00. The van der Waals surface area contributed by atoms with Gasteiger partial charge >= 0.3 is 0 Å². The molecule has 0 bridgehead atoms. The molecule has 0 atom stereocenters. The molecule has 0 saturated carbocycles. The Kier molecular flexibility index (Phi) is 4.32. The van der Waals surface area contributed by atoms with Crippen molar-refractivity contribution < 1.29 is 10.0 Å². The van der Waals surface area contributed by atoms with Gasteiger partial charge in [0.25, 0.3) is 5.91 Å². The topological polar surface area (TPSA) is 67.2 Å². The van der Waals surface area contributed by atoms with Crippen LogP contribution in [0.5, 0.6) is 0 Å². The Hall–Kier alpha value is -3.10. The van der Waals surface area contributed by atoms with Crippen molar-refractivity contribution >= 4 is 16.8 Å². The van der Waals surface area contributed by atoms with Gasteiger partial charge in [-0.25, -0.2) is 10.5 Å². The van der Waals surface area contributed by atoms with Crippen molar-refractivity contribution in [3.8, 4) is 11.8 Å². The van der Waals surface area contributed by atoms with E-state index in [-0.39, 0.29) is 5.69 Å². The monoisotopic (exact) mass is 319 g/mol. The number of fused-ring (bicyclic) bond motifs is 1. The maximum absolute atomic E-state index is 11.8. The second kappa shape index (κ2) is 6.57. The van der Waals surface area contributed by atoms with E-state index in [4.69, 9.17) is 5.21 Å². The zero-order valence-corrected chi connectivity index (χ0v) is 13.5. The van der Waals surface area contributed by atoms with E-state index < -0.39 is 5.91 Å². The number of nitrogens with zero attached hydrogens (tertiary/aromatic N) is 2. The Morgan fingerprint density at radius 1 is 1.29 bits per heavy atom. The van der Waals surface area contributed by atoms with Gasteiger partial charge in [-0.1, -0.05) is 35.7 Å². The number of hydrogen-bond donors (Lipinski definition) is 2. The van der Waals surface area contributed by atoms with Crippen molar-refractivity contribution in [1.82, 2.24) is 15.0 Å². The number of rotatable bonds is 3. The molecule has 2 aromatic heterocycles. The Morgan fingerprint density at radius 2 is 2.04 bits per heavy atom. The predicted molar refractivity (Wildman–Crippen MR) is 91.8 cm³/mol. The van der Waals surface area contributed by atoms with Crippen molar-refractivity contribution in [2.45, 2.75) is 20.4 Å². The third-order valence-electron chi connectivity index (χ3n) is 3.87. The number of benzene rings is 1. The average Bonchev–Trinajstić information content (AvgIpc) is 3.00. The second-order valence-corrected chi connectivity index (χ2v) is 5.53. The number of aromatic nitrogens is 2. The third-order valence-corrected chi connectivity index (χ3v) is 3.87. The Morgan fingerprint density at radius 3 is 2.71 bits per heavy atom. The van der Waals surface area contributed by atoms with Gasteiger partial charge in [-0.3, -0.25) is 10.0 Å². The van der Waals surface area contributed by atoms with Crippen LogP contribution in [-0.2, 0) is 6.54 Å². The number of carbonyl (C=O) groups excluding carboxylic acids is 1. The lowest BCUT2D eigenvalue weighted by Gasteiger charge is -2.08. The van der Waals surface area contributed by atoms with E-state index in [0.29, 0.717) is 12.1 Å². The molecule has 0 aliphatic heterocycles. The van der Waals surface area contributed by atoms with Gasteiger partial charge in [0.15, 0.2) is 0 Å². The maximum atomic E-state index is 11.8. The van der Waals surface area contributed by atoms with Crippen LogP contribution in [0.1, 0.15) is 34.1 Å². The summed E-state index contributed by atoms with van der Waals surface area (Å²) in [5, 5.41) is 9.72. The molecule has 0 saturated heterocycles. The van der Waals surface area contributed by atoms with Gasteiger partial charge in [-0.2, -0.15) is 0 Å². The standard InChI is InChI=1S/C19H17N3O2/c1-3-4-16-15-9-10-22(12-14-7-5-13(2)6-8-14)17(15)11-20-18(16)19(23)21-24/h5-11,24H,12H2,1-2H3,(H,21,23). The summed E-state index contributed by atoms with van der Waals surface area (Å²) >= 11 is 0. The van der Waals surface area contributed by atoms with Gasteiger partial charge in [0.2, 0.25) is 0 Å². The lowest BCUT2D eigenvalue weighted by molar-refractivity contribution is 0.0700. The van der Waals surface area contributed by atoms with Crippen molar-refractivity contribution in [1.29, 1.82) is 0 Å². The van der Waals surface area contributed by atoms with Crippen molar-refractivity contribution in [3.05, 3.63) is 65.1 Å². The van der Waals surface area contributed by atoms with E-state index in [1.54, 1.807) is 18.6 Å². The van der Waals surface area contributed by atoms with Gasteiger partial charge in [0, 0.05) is 18.1 Å². The number of aryl methyl sites for hydroxylation is 1. The van der Waals surface area contributed by atoms with E-state index in [1.165, 1.54) is 11.1 Å². The van der Waals surface area contributed by atoms with Crippen LogP contribution in [0.3, 0.4) is 0 Å². The fraction of sp³-hybridized carbons (Fsp3) is 0.158.